The average molecular weight is 479 g/mol. The van der Waals surface area contributed by atoms with Crippen LogP contribution in [0.25, 0.3) is 0 Å². The number of carbonyl (C=O) groups excluding carboxylic acids is 1. The highest BCUT2D eigenvalue weighted by molar-refractivity contribution is 5.77. The fourth-order valence-electron chi connectivity index (χ4n) is 3.77. The summed E-state index contributed by atoms with van der Waals surface area (Å²) in [4.78, 5) is 14.8. The number of alkyl halides is 3. The van der Waals surface area contributed by atoms with Gasteiger partial charge in [-0.05, 0) is 47.5 Å². The quantitative estimate of drug-likeness (QED) is 0.289. The molecular formula is C28H25F3N2O2. The van der Waals surface area contributed by atoms with Gasteiger partial charge in [0.2, 0.25) is 0 Å². The maximum Gasteiger partial charge on any atom is 0.416 e. The lowest BCUT2D eigenvalue weighted by molar-refractivity contribution is -0.137. The number of rotatable bonds is 9. The summed E-state index contributed by atoms with van der Waals surface area (Å²) in [7, 11) is 0. The van der Waals surface area contributed by atoms with E-state index in [2.05, 4.69) is 0 Å². The molecule has 0 fully saturated rings. The second-order valence-corrected chi connectivity index (χ2v) is 8.16. The van der Waals surface area contributed by atoms with Crippen LogP contribution in [-0.2, 0) is 30.6 Å². The third-order valence-corrected chi connectivity index (χ3v) is 5.56. The number of ether oxygens (including phenoxy) is 1. The zero-order valence-corrected chi connectivity index (χ0v) is 19.0. The van der Waals surface area contributed by atoms with Crippen LogP contribution >= 0.6 is 0 Å². The summed E-state index contributed by atoms with van der Waals surface area (Å²) in [6.07, 6.45) is -2.59. The number of carbonyl (C=O) groups is 1. The zero-order chi connectivity index (χ0) is 24.7. The van der Waals surface area contributed by atoms with Gasteiger partial charge in [-0.15, -0.1) is 0 Å². The molecule has 0 aliphatic carbocycles. The van der Waals surface area contributed by atoms with E-state index < -0.39 is 11.7 Å². The van der Waals surface area contributed by atoms with E-state index in [0.29, 0.717) is 17.9 Å². The molecular weight excluding hydrogens is 453 g/mol. The highest BCUT2D eigenvalue weighted by Crippen LogP contribution is 2.29. The van der Waals surface area contributed by atoms with Crippen molar-refractivity contribution in [1.29, 1.82) is 0 Å². The number of hydrogen-bond acceptors (Lipinski definition) is 2. The first kappa shape index (κ1) is 24.1. The van der Waals surface area contributed by atoms with E-state index >= 15 is 0 Å². The minimum Gasteiger partial charge on any atom is -0.484 e. The van der Waals surface area contributed by atoms with E-state index in [1.807, 2.05) is 65.2 Å². The van der Waals surface area contributed by atoms with Gasteiger partial charge in [0.05, 0.1) is 12.1 Å². The number of amides is 1. The SMILES string of the molecule is O=C(COc1ccccc1)N(Cc1ccccc1)Cc1cccn1Cc1cccc(C(F)(F)F)c1. The van der Waals surface area contributed by atoms with Gasteiger partial charge in [-0.1, -0.05) is 60.7 Å². The highest BCUT2D eigenvalue weighted by atomic mass is 19.4. The Hall–Kier alpha value is -4.00. The van der Waals surface area contributed by atoms with Crippen LogP contribution in [-0.4, -0.2) is 22.0 Å². The molecule has 3 aromatic carbocycles. The molecule has 180 valence electrons. The fraction of sp³-hybridized carbons (Fsp3) is 0.179. The van der Waals surface area contributed by atoms with E-state index in [9.17, 15) is 18.0 Å². The molecule has 0 saturated heterocycles. The van der Waals surface area contributed by atoms with Crippen LogP contribution in [0.15, 0.2) is 103 Å². The van der Waals surface area contributed by atoms with Crippen molar-refractivity contribution in [2.75, 3.05) is 6.61 Å². The van der Waals surface area contributed by atoms with Crippen molar-refractivity contribution in [3.05, 3.63) is 126 Å². The Balaban J connectivity index is 1.51. The Morgan fingerprint density at radius 1 is 0.800 bits per heavy atom. The Morgan fingerprint density at radius 3 is 2.20 bits per heavy atom. The maximum absolute atomic E-state index is 13.1. The molecule has 0 radical (unpaired) electrons. The second-order valence-electron chi connectivity index (χ2n) is 8.16. The number of hydrogen-bond donors (Lipinski definition) is 0. The number of nitrogens with zero attached hydrogens (tertiary/aromatic N) is 2. The predicted molar refractivity (Wildman–Crippen MR) is 128 cm³/mol. The molecule has 1 aromatic heterocycles. The summed E-state index contributed by atoms with van der Waals surface area (Å²) in [6.45, 7) is 0.815. The van der Waals surface area contributed by atoms with Crippen molar-refractivity contribution in [2.24, 2.45) is 0 Å². The first-order valence-corrected chi connectivity index (χ1v) is 11.2. The molecule has 0 bridgehead atoms. The molecule has 4 nitrogen and oxygen atoms in total. The minimum absolute atomic E-state index is 0.120. The summed E-state index contributed by atoms with van der Waals surface area (Å²) < 4.78 is 46.9. The predicted octanol–water partition coefficient (Wildman–Crippen LogP) is 6.16. The van der Waals surface area contributed by atoms with Crippen LogP contribution in [0.1, 0.15) is 22.4 Å². The summed E-state index contributed by atoms with van der Waals surface area (Å²) in [5, 5.41) is 0. The zero-order valence-electron chi connectivity index (χ0n) is 19.0. The van der Waals surface area contributed by atoms with Gasteiger partial charge in [-0.25, -0.2) is 0 Å². The van der Waals surface area contributed by atoms with E-state index in [1.54, 1.807) is 29.3 Å². The maximum atomic E-state index is 13.1. The number of benzene rings is 3. The topological polar surface area (TPSA) is 34.5 Å². The van der Waals surface area contributed by atoms with Crippen molar-refractivity contribution in [3.8, 4) is 5.75 Å². The summed E-state index contributed by atoms with van der Waals surface area (Å²) >= 11 is 0. The van der Waals surface area contributed by atoms with Crippen LogP contribution < -0.4 is 4.74 Å². The molecule has 0 aliphatic heterocycles. The summed E-state index contributed by atoms with van der Waals surface area (Å²) in [6, 6.07) is 27.7. The Labute approximate surface area is 202 Å². The molecule has 0 aliphatic rings. The van der Waals surface area contributed by atoms with Crippen molar-refractivity contribution in [1.82, 2.24) is 9.47 Å². The molecule has 0 saturated carbocycles. The van der Waals surface area contributed by atoms with Crippen molar-refractivity contribution < 1.29 is 22.7 Å². The molecule has 0 N–H and O–H groups in total. The van der Waals surface area contributed by atoms with Gasteiger partial charge in [-0.3, -0.25) is 4.79 Å². The number of halogens is 3. The third-order valence-electron chi connectivity index (χ3n) is 5.56. The normalized spacial score (nSPS) is 11.3. The Morgan fingerprint density at radius 2 is 1.49 bits per heavy atom. The van der Waals surface area contributed by atoms with E-state index in [1.165, 1.54) is 6.07 Å². The second kappa shape index (κ2) is 11.0. The van der Waals surface area contributed by atoms with E-state index in [-0.39, 0.29) is 25.6 Å². The smallest absolute Gasteiger partial charge is 0.416 e. The van der Waals surface area contributed by atoms with Crippen LogP contribution in [0.5, 0.6) is 5.75 Å². The van der Waals surface area contributed by atoms with Crippen LogP contribution in [0.4, 0.5) is 13.2 Å². The largest absolute Gasteiger partial charge is 0.484 e. The molecule has 35 heavy (non-hydrogen) atoms. The Bertz CT molecular complexity index is 1240. The molecule has 4 aromatic rings. The average Bonchev–Trinajstić information content (AvgIpc) is 3.29. The van der Waals surface area contributed by atoms with Gasteiger partial charge in [0.15, 0.2) is 6.61 Å². The fourth-order valence-corrected chi connectivity index (χ4v) is 3.77. The van der Waals surface area contributed by atoms with Crippen LogP contribution in [0, 0.1) is 0 Å². The minimum atomic E-state index is -4.40. The van der Waals surface area contributed by atoms with Gasteiger partial charge >= 0.3 is 6.18 Å². The molecule has 0 spiro atoms. The molecule has 7 heteroatoms. The molecule has 0 unspecified atom stereocenters. The highest BCUT2D eigenvalue weighted by Gasteiger charge is 2.30. The van der Waals surface area contributed by atoms with Gasteiger partial charge in [0.25, 0.3) is 5.91 Å². The first-order chi connectivity index (χ1) is 16.9. The van der Waals surface area contributed by atoms with Gasteiger partial charge in [0, 0.05) is 25.0 Å². The van der Waals surface area contributed by atoms with E-state index in [4.69, 9.17) is 4.74 Å². The van der Waals surface area contributed by atoms with Crippen molar-refractivity contribution in [2.45, 2.75) is 25.8 Å². The molecule has 1 heterocycles. The monoisotopic (exact) mass is 478 g/mol. The summed E-state index contributed by atoms with van der Waals surface area (Å²) in [5.41, 5.74) is 1.64. The molecule has 4 rings (SSSR count). The van der Waals surface area contributed by atoms with Gasteiger partial charge in [-0.2, -0.15) is 13.2 Å². The number of para-hydroxylation sites is 1. The van der Waals surface area contributed by atoms with Gasteiger partial charge < -0.3 is 14.2 Å². The van der Waals surface area contributed by atoms with E-state index in [0.717, 1.165) is 23.4 Å². The molecule has 1 amide bonds. The van der Waals surface area contributed by atoms with Crippen molar-refractivity contribution >= 4 is 5.91 Å². The standard InChI is InChI=1S/C28H25F3N2O2/c29-28(30,31)24-12-7-11-23(17-24)19-32-16-8-13-25(32)20-33(18-22-9-3-1-4-10-22)27(34)21-35-26-14-5-2-6-15-26/h1-17H,18-21H2. The lowest BCUT2D eigenvalue weighted by Crippen LogP contribution is -2.34. The number of aromatic nitrogens is 1. The van der Waals surface area contributed by atoms with Crippen molar-refractivity contribution in [3.63, 3.8) is 0 Å². The molecule has 0 atom stereocenters. The third kappa shape index (κ3) is 6.76. The van der Waals surface area contributed by atoms with Gasteiger partial charge in [0.1, 0.15) is 5.75 Å². The first-order valence-electron chi connectivity index (χ1n) is 11.2. The Kier molecular flexibility index (Phi) is 7.55. The lowest BCUT2D eigenvalue weighted by Gasteiger charge is -2.24. The summed E-state index contributed by atoms with van der Waals surface area (Å²) in [5.74, 6) is 0.415. The lowest BCUT2D eigenvalue weighted by atomic mass is 10.1. The van der Waals surface area contributed by atoms with Crippen LogP contribution in [0.3, 0.4) is 0 Å². The van der Waals surface area contributed by atoms with Crippen LogP contribution in [0.2, 0.25) is 0 Å².